The van der Waals surface area contributed by atoms with Crippen LogP contribution in [0, 0.1) is 0 Å². The molecule has 4 aromatic rings. The van der Waals surface area contributed by atoms with Gasteiger partial charge in [0.15, 0.2) is 0 Å². The Labute approximate surface area is 179 Å². The number of aromatic nitrogens is 4. The summed E-state index contributed by atoms with van der Waals surface area (Å²) in [6.07, 6.45) is 3.58. The average molecular weight is 416 g/mol. The number of pyridine rings is 1. The first-order valence-electron chi connectivity index (χ1n) is 10.5. The lowest BCUT2D eigenvalue weighted by Crippen LogP contribution is -2.49. The number of carbonyl (C=O) groups excluding carboxylic acids is 1. The number of hydrogen-bond acceptors (Lipinski definition) is 6. The highest BCUT2D eigenvalue weighted by atomic mass is 16.5. The molecule has 0 radical (unpaired) electrons. The van der Waals surface area contributed by atoms with E-state index in [1.165, 1.54) is 0 Å². The van der Waals surface area contributed by atoms with Gasteiger partial charge in [-0.2, -0.15) is 4.98 Å². The van der Waals surface area contributed by atoms with Crippen molar-refractivity contribution >= 4 is 22.6 Å². The molecule has 31 heavy (non-hydrogen) atoms. The van der Waals surface area contributed by atoms with Crippen LogP contribution < -0.4 is 4.90 Å². The van der Waals surface area contributed by atoms with Gasteiger partial charge in [-0.3, -0.25) is 4.79 Å². The number of hydrogen-bond donors (Lipinski definition) is 1. The van der Waals surface area contributed by atoms with E-state index < -0.39 is 0 Å². The van der Waals surface area contributed by atoms with Gasteiger partial charge in [-0.05, 0) is 18.2 Å². The second-order valence-corrected chi connectivity index (χ2v) is 8.04. The van der Waals surface area contributed by atoms with Gasteiger partial charge in [0.25, 0.3) is 5.91 Å². The molecule has 8 nitrogen and oxygen atoms in total. The van der Waals surface area contributed by atoms with Gasteiger partial charge in [0.05, 0.1) is 5.56 Å². The van der Waals surface area contributed by atoms with Crippen molar-refractivity contribution in [2.24, 2.45) is 0 Å². The molecule has 4 heterocycles. The lowest BCUT2D eigenvalue weighted by atomic mass is 10.1. The Morgan fingerprint density at radius 2 is 1.90 bits per heavy atom. The van der Waals surface area contributed by atoms with Crippen molar-refractivity contribution in [1.29, 1.82) is 0 Å². The molecular formula is C23H24N6O2. The minimum atomic E-state index is 0.0680. The fourth-order valence-corrected chi connectivity index (χ4v) is 3.85. The molecule has 1 aromatic carbocycles. The van der Waals surface area contributed by atoms with Crippen LogP contribution in [0.25, 0.3) is 22.3 Å². The van der Waals surface area contributed by atoms with Crippen LogP contribution in [0.15, 0.2) is 53.3 Å². The van der Waals surface area contributed by atoms with Crippen molar-refractivity contribution in [1.82, 2.24) is 25.0 Å². The molecule has 3 aromatic heterocycles. The largest absolute Gasteiger partial charge is 0.360 e. The SMILES string of the molecule is CC(C)c1nc(-c2ccc(N3CCN(C(=O)c4c[nH]c5ccccc45)CC3)nc2)no1. The number of amides is 1. The number of para-hydroxylation sites is 1. The van der Waals surface area contributed by atoms with E-state index in [4.69, 9.17) is 4.52 Å². The molecule has 1 aliphatic heterocycles. The van der Waals surface area contributed by atoms with Crippen LogP contribution in [0.4, 0.5) is 5.82 Å². The summed E-state index contributed by atoms with van der Waals surface area (Å²) in [7, 11) is 0. The Balaban J connectivity index is 1.24. The minimum absolute atomic E-state index is 0.0680. The minimum Gasteiger partial charge on any atom is -0.360 e. The summed E-state index contributed by atoms with van der Waals surface area (Å²) < 4.78 is 5.28. The summed E-state index contributed by atoms with van der Waals surface area (Å²) in [5.74, 6) is 2.32. The molecule has 0 bridgehead atoms. The predicted octanol–water partition coefficient (Wildman–Crippen LogP) is 3.70. The number of fused-ring (bicyclic) bond motifs is 1. The molecule has 1 amide bonds. The Morgan fingerprint density at radius 1 is 1.10 bits per heavy atom. The molecule has 0 atom stereocenters. The molecule has 1 N–H and O–H groups in total. The zero-order chi connectivity index (χ0) is 21.4. The van der Waals surface area contributed by atoms with Crippen LogP contribution in [0.3, 0.4) is 0 Å². The molecule has 0 spiro atoms. The lowest BCUT2D eigenvalue weighted by molar-refractivity contribution is 0.0748. The predicted molar refractivity (Wildman–Crippen MR) is 118 cm³/mol. The van der Waals surface area contributed by atoms with Gasteiger partial charge in [0.2, 0.25) is 11.7 Å². The van der Waals surface area contributed by atoms with E-state index in [0.717, 1.165) is 40.9 Å². The van der Waals surface area contributed by atoms with Crippen molar-refractivity contribution < 1.29 is 9.32 Å². The number of aromatic amines is 1. The molecule has 1 fully saturated rings. The fraction of sp³-hybridized carbons (Fsp3) is 0.304. The Morgan fingerprint density at radius 3 is 2.61 bits per heavy atom. The third-order valence-corrected chi connectivity index (χ3v) is 5.65. The third-order valence-electron chi connectivity index (χ3n) is 5.65. The van der Waals surface area contributed by atoms with Crippen molar-refractivity contribution in [3.63, 3.8) is 0 Å². The fourth-order valence-electron chi connectivity index (χ4n) is 3.85. The van der Waals surface area contributed by atoms with Crippen LogP contribution in [-0.2, 0) is 0 Å². The maximum absolute atomic E-state index is 13.0. The Bertz CT molecular complexity index is 1200. The summed E-state index contributed by atoms with van der Waals surface area (Å²) in [6, 6.07) is 11.8. The van der Waals surface area contributed by atoms with E-state index in [2.05, 4.69) is 25.0 Å². The van der Waals surface area contributed by atoms with E-state index in [0.29, 0.717) is 24.8 Å². The second kappa shape index (κ2) is 7.86. The van der Waals surface area contributed by atoms with Crippen molar-refractivity contribution in [2.45, 2.75) is 19.8 Å². The van der Waals surface area contributed by atoms with Crippen molar-refractivity contribution in [3.05, 3.63) is 60.2 Å². The smallest absolute Gasteiger partial charge is 0.256 e. The maximum atomic E-state index is 13.0. The molecule has 1 saturated heterocycles. The van der Waals surface area contributed by atoms with Crippen LogP contribution in [0.1, 0.15) is 36.0 Å². The van der Waals surface area contributed by atoms with Gasteiger partial charge < -0.3 is 19.3 Å². The van der Waals surface area contributed by atoms with E-state index in [-0.39, 0.29) is 11.8 Å². The molecule has 1 aliphatic rings. The average Bonchev–Trinajstić information content (AvgIpc) is 3.47. The van der Waals surface area contributed by atoms with E-state index in [1.54, 1.807) is 6.20 Å². The maximum Gasteiger partial charge on any atom is 0.256 e. The van der Waals surface area contributed by atoms with Crippen LogP contribution in [0.5, 0.6) is 0 Å². The molecule has 0 aliphatic carbocycles. The Kier molecular flexibility index (Phi) is 4.89. The molecule has 8 heteroatoms. The zero-order valence-corrected chi connectivity index (χ0v) is 17.6. The van der Waals surface area contributed by atoms with Crippen LogP contribution >= 0.6 is 0 Å². The monoisotopic (exact) mass is 416 g/mol. The summed E-state index contributed by atoms with van der Waals surface area (Å²) >= 11 is 0. The summed E-state index contributed by atoms with van der Waals surface area (Å²) in [4.78, 5) is 29.3. The van der Waals surface area contributed by atoms with Gasteiger partial charge >= 0.3 is 0 Å². The van der Waals surface area contributed by atoms with Gasteiger partial charge in [0.1, 0.15) is 5.82 Å². The number of piperazine rings is 1. The summed E-state index contributed by atoms with van der Waals surface area (Å²) in [5.41, 5.74) is 2.54. The topological polar surface area (TPSA) is 91.2 Å². The molecule has 0 saturated carbocycles. The van der Waals surface area contributed by atoms with Crippen molar-refractivity contribution in [2.75, 3.05) is 31.1 Å². The Hall–Kier alpha value is -3.68. The third kappa shape index (κ3) is 3.65. The van der Waals surface area contributed by atoms with Crippen LogP contribution in [0.2, 0.25) is 0 Å². The quantitative estimate of drug-likeness (QED) is 0.545. The standard InChI is InChI=1S/C23H24N6O2/c1-15(2)22-26-21(27-31-22)16-7-8-20(25-13-16)28-9-11-29(12-10-28)23(30)18-14-24-19-6-4-3-5-17(18)19/h3-8,13-15,24H,9-12H2,1-2H3. The van der Waals surface area contributed by atoms with E-state index in [1.807, 2.05) is 61.3 Å². The first-order chi connectivity index (χ1) is 15.1. The van der Waals surface area contributed by atoms with Gasteiger partial charge in [-0.15, -0.1) is 0 Å². The highest BCUT2D eigenvalue weighted by Gasteiger charge is 2.24. The van der Waals surface area contributed by atoms with E-state index >= 15 is 0 Å². The number of nitrogens with zero attached hydrogens (tertiary/aromatic N) is 5. The summed E-state index contributed by atoms with van der Waals surface area (Å²) in [6.45, 7) is 6.82. The number of benzene rings is 1. The number of anilines is 1. The first-order valence-corrected chi connectivity index (χ1v) is 10.5. The highest BCUT2D eigenvalue weighted by Crippen LogP contribution is 2.23. The van der Waals surface area contributed by atoms with Gasteiger partial charge in [-0.25, -0.2) is 4.98 Å². The lowest BCUT2D eigenvalue weighted by Gasteiger charge is -2.35. The van der Waals surface area contributed by atoms with Gasteiger partial charge in [-0.1, -0.05) is 37.2 Å². The second-order valence-electron chi connectivity index (χ2n) is 8.04. The number of H-pyrrole nitrogens is 1. The molecular weight excluding hydrogens is 392 g/mol. The number of nitrogens with one attached hydrogen (secondary N) is 1. The number of carbonyl (C=O) groups is 1. The summed E-state index contributed by atoms with van der Waals surface area (Å²) in [5, 5.41) is 5.01. The van der Waals surface area contributed by atoms with E-state index in [9.17, 15) is 4.79 Å². The molecule has 5 rings (SSSR count). The zero-order valence-electron chi connectivity index (χ0n) is 17.6. The molecule has 158 valence electrons. The van der Waals surface area contributed by atoms with Crippen LogP contribution in [-0.4, -0.2) is 57.1 Å². The first kappa shape index (κ1) is 19.3. The van der Waals surface area contributed by atoms with Gasteiger partial charge in [0, 0.05) is 61.0 Å². The highest BCUT2D eigenvalue weighted by molar-refractivity contribution is 6.06. The normalized spacial score (nSPS) is 14.5. The van der Waals surface area contributed by atoms with Crippen molar-refractivity contribution in [3.8, 4) is 11.4 Å². The number of rotatable bonds is 4. The molecule has 0 unspecified atom stereocenters.